The number of aromatic nitrogens is 3. The van der Waals surface area contributed by atoms with Crippen LogP contribution in [-0.2, 0) is 21.5 Å². The number of hydrogen-bond donors (Lipinski definition) is 1. The zero-order chi connectivity index (χ0) is 26.3. The van der Waals surface area contributed by atoms with Gasteiger partial charge in [0.25, 0.3) is 5.91 Å². The molecule has 0 atom stereocenters. The summed E-state index contributed by atoms with van der Waals surface area (Å²) < 4.78 is 12.3. The molecule has 0 saturated carbocycles. The molecular weight excluding hydrogens is 478 g/mol. The van der Waals surface area contributed by atoms with Crippen molar-refractivity contribution in [3.05, 3.63) is 53.6 Å². The standard InChI is InChI=1S/C26H31N5O4S/c1-7-31-24(19-9-11-20(12-10-19)26(3,4)5)29-30-25(31)36-16-23(33)28-27-15-18-8-13-21(35-17(2)32)22(14-18)34-6/h8-15H,7,16H2,1-6H3,(H,28,33)/b27-15-. The Balaban J connectivity index is 1.60. The molecule has 0 aliphatic carbocycles. The average molecular weight is 510 g/mol. The Morgan fingerprint density at radius 1 is 1.11 bits per heavy atom. The zero-order valence-corrected chi connectivity index (χ0v) is 22.2. The van der Waals surface area contributed by atoms with Gasteiger partial charge in [0.15, 0.2) is 22.5 Å². The lowest BCUT2D eigenvalue weighted by Crippen LogP contribution is -2.20. The predicted molar refractivity (Wildman–Crippen MR) is 141 cm³/mol. The molecule has 1 heterocycles. The normalized spacial score (nSPS) is 11.5. The van der Waals surface area contributed by atoms with Gasteiger partial charge >= 0.3 is 5.97 Å². The summed E-state index contributed by atoms with van der Waals surface area (Å²) in [5.41, 5.74) is 5.48. The topological polar surface area (TPSA) is 108 Å². The van der Waals surface area contributed by atoms with E-state index in [1.54, 1.807) is 18.2 Å². The van der Waals surface area contributed by atoms with Crippen LogP contribution in [0, 0.1) is 0 Å². The maximum atomic E-state index is 12.3. The van der Waals surface area contributed by atoms with Gasteiger partial charge in [-0.25, -0.2) is 5.43 Å². The summed E-state index contributed by atoms with van der Waals surface area (Å²) in [5.74, 6) is 0.883. The van der Waals surface area contributed by atoms with Crippen LogP contribution in [0.1, 0.15) is 45.7 Å². The van der Waals surface area contributed by atoms with E-state index in [4.69, 9.17) is 9.47 Å². The first-order valence-electron chi connectivity index (χ1n) is 11.5. The minimum Gasteiger partial charge on any atom is -0.493 e. The van der Waals surface area contributed by atoms with Crippen molar-refractivity contribution in [1.29, 1.82) is 0 Å². The Bertz CT molecular complexity index is 1250. The van der Waals surface area contributed by atoms with Gasteiger partial charge in [-0.3, -0.25) is 9.59 Å². The van der Waals surface area contributed by atoms with Gasteiger partial charge in [0.2, 0.25) is 0 Å². The van der Waals surface area contributed by atoms with Crippen LogP contribution in [0.15, 0.2) is 52.7 Å². The molecule has 3 aromatic rings. The smallest absolute Gasteiger partial charge is 0.308 e. The van der Waals surface area contributed by atoms with E-state index in [9.17, 15) is 9.59 Å². The summed E-state index contributed by atoms with van der Waals surface area (Å²) in [7, 11) is 1.48. The lowest BCUT2D eigenvalue weighted by molar-refractivity contribution is -0.132. The Hall–Kier alpha value is -3.66. The van der Waals surface area contributed by atoms with Gasteiger partial charge in [-0.15, -0.1) is 10.2 Å². The molecule has 1 amide bonds. The van der Waals surface area contributed by atoms with Crippen LogP contribution in [-0.4, -0.2) is 45.7 Å². The van der Waals surface area contributed by atoms with Crippen LogP contribution in [0.25, 0.3) is 11.4 Å². The highest BCUT2D eigenvalue weighted by Crippen LogP contribution is 2.28. The second kappa shape index (κ2) is 11.9. The van der Waals surface area contributed by atoms with Crippen molar-refractivity contribution in [2.45, 2.75) is 51.7 Å². The van der Waals surface area contributed by atoms with Crippen LogP contribution >= 0.6 is 11.8 Å². The van der Waals surface area contributed by atoms with E-state index in [1.165, 1.54) is 37.6 Å². The quantitative estimate of drug-likeness (QED) is 0.149. The van der Waals surface area contributed by atoms with Crippen molar-refractivity contribution in [2.24, 2.45) is 5.10 Å². The Labute approximate surface area is 215 Å². The van der Waals surface area contributed by atoms with Crippen molar-refractivity contribution < 1.29 is 19.1 Å². The summed E-state index contributed by atoms with van der Waals surface area (Å²) >= 11 is 1.30. The summed E-state index contributed by atoms with van der Waals surface area (Å²) in [4.78, 5) is 23.5. The van der Waals surface area contributed by atoms with Gasteiger partial charge in [0.1, 0.15) is 0 Å². The van der Waals surface area contributed by atoms with Gasteiger partial charge in [-0.05, 0) is 41.7 Å². The number of esters is 1. The van der Waals surface area contributed by atoms with E-state index < -0.39 is 5.97 Å². The van der Waals surface area contributed by atoms with Gasteiger partial charge in [0.05, 0.1) is 19.1 Å². The third-order valence-corrected chi connectivity index (χ3v) is 6.19. The van der Waals surface area contributed by atoms with E-state index in [-0.39, 0.29) is 17.1 Å². The van der Waals surface area contributed by atoms with E-state index in [2.05, 4.69) is 65.8 Å². The third-order valence-electron chi connectivity index (χ3n) is 5.22. The fraction of sp³-hybridized carbons (Fsp3) is 0.346. The maximum absolute atomic E-state index is 12.3. The lowest BCUT2D eigenvalue weighted by atomic mass is 9.87. The first-order valence-corrected chi connectivity index (χ1v) is 12.5. The number of carbonyl (C=O) groups excluding carboxylic acids is 2. The Morgan fingerprint density at radius 2 is 1.83 bits per heavy atom. The number of rotatable bonds is 9. The van der Waals surface area contributed by atoms with E-state index >= 15 is 0 Å². The molecule has 1 N–H and O–H groups in total. The molecule has 3 rings (SSSR count). The van der Waals surface area contributed by atoms with Crippen molar-refractivity contribution in [2.75, 3.05) is 12.9 Å². The predicted octanol–water partition coefficient (Wildman–Crippen LogP) is 4.44. The second-order valence-electron chi connectivity index (χ2n) is 8.96. The SMILES string of the molecule is CCn1c(SCC(=O)N/N=C\c2ccc(OC(C)=O)c(OC)c2)nnc1-c1ccc(C(C)(C)C)cc1. The fourth-order valence-electron chi connectivity index (χ4n) is 3.36. The highest BCUT2D eigenvalue weighted by atomic mass is 32.2. The molecule has 0 bridgehead atoms. The molecule has 190 valence electrons. The van der Waals surface area contributed by atoms with Crippen LogP contribution < -0.4 is 14.9 Å². The van der Waals surface area contributed by atoms with Crippen LogP contribution in [0.4, 0.5) is 0 Å². The number of amides is 1. The van der Waals surface area contributed by atoms with Crippen LogP contribution in [0.2, 0.25) is 0 Å². The lowest BCUT2D eigenvalue weighted by Gasteiger charge is -2.19. The minimum atomic E-state index is -0.441. The first kappa shape index (κ1) is 26.9. The second-order valence-corrected chi connectivity index (χ2v) is 9.91. The summed E-state index contributed by atoms with van der Waals surface area (Å²) in [6.45, 7) is 10.6. The number of hydrazone groups is 1. The first-order chi connectivity index (χ1) is 17.1. The molecule has 0 spiro atoms. The van der Waals surface area contributed by atoms with Crippen LogP contribution in [0.5, 0.6) is 11.5 Å². The molecular formula is C26H31N5O4S. The van der Waals surface area contributed by atoms with Crippen molar-refractivity contribution >= 4 is 29.9 Å². The monoisotopic (exact) mass is 509 g/mol. The number of methoxy groups -OCH3 is 1. The largest absolute Gasteiger partial charge is 0.493 e. The Morgan fingerprint density at radius 3 is 2.44 bits per heavy atom. The molecule has 10 heteroatoms. The van der Waals surface area contributed by atoms with Gasteiger partial charge < -0.3 is 14.0 Å². The van der Waals surface area contributed by atoms with Crippen LogP contribution in [0.3, 0.4) is 0 Å². The molecule has 0 radical (unpaired) electrons. The van der Waals surface area contributed by atoms with E-state index in [0.717, 1.165) is 11.4 Å². The summed E-state index contributed by atoms with van der Waals surface area (Å²) in [5, 5.41) is 13.3. The maximum Gasteiger partial charge on any atom is 0.308 e. The highest BCUT2D eigenvalue weighted by Gasteiger charge is 2.17. The molecule has 0 aliphatic heterocycles. The highest BCUT2D eigenvalue weighted by molar-refractivity contribution is 7.99. The molecule has 9 nitrogen and oxygen atoms in total. The molecule has 0 aliphatic rings. The van der Waals surface area contributed by atoms with Gasteiger partial charge in [-0.1, -0.05) is 56.8 Å². The number of thioether (sulfide) groups is 1. The Kier molecular flexibility index (Phi) is 8.87. The number of carbonyl (C=O) groups is 2. The van der Waals surface area contributed by atoms with E-state index in [0.29, 0.717) is 28.8 Å². The number of nitrogens with zero attached hydrogens (tertiary/aromatic N) is 4. The zero-order valence-electron chi connectivity index (χ0n) is 21.4. The summed E-state index contributed by atoms with van der Waals surface area (Å²) in [6.07, 6.45) is 1.48. The average Bonchev–Trinajstić information content (AvgIpc) is 3.25. The van der Waals surface area contributed by atoms with Gasteiger partial charge in [0, 0.05) is 19.0 Å². The third kappa shape index (κ3) is 6.94. The molecule has 1 aromatic heterocycles. The molecule has 0 fully saturated rings. The molecule has 0 unspecified atom stereocenters. The van der Waals surface area contributed by atoms with Crippen molar-refractivity contribution in [1.82, 2.24) is 20.2 Å². The molecule has 36 heavy (non-hydrogen) atoms. The number of benzene rings is 2. The molecule has 2 aromatic carbocycles. The number of ether oxygens (including phenoxy) is 2. The number of hydrogen-bond acceptors (Lipinski definition) is 8. The summed E-state index contributed by atoms with van der Waals surface area (Å²) in [6, 6.07) is 13.3. The molecule has 0 saturated heterocycles. The van der Waals surface area contributed by atoms with Crippen molar-refractivity contribution in [3.8, 4) is 22.9 Å². The van der Waals surface area contributed by atoms with Crippen molar-refractivity contribution in [3.63, 3.8) is 0 Å². The fourth-order valence-corrected chi connectivity index (χ4v) is 4.15. The minimum absolute atomic E-state index is 0.0766. The van der Waals surface area contributed by atoms with E-state index in [1.807, 2.05) is 11.5 Å². The van der Waals surface area contributed by atoms with Gasteiger partial charge in [-0.2, -0.15) is 5.10 Å². The number of nitrogens with one attached hydrogen (secondary N) is 1.